The first kappa shape index (κ1) is 33.4. The highest BCUT2D eigenvalue weighted by Gasteiger charge is 2.61. The standard InChI is InChI=1S/C33H32ClF3N2O7S/c1-45-32(41)23-17-46-39(16-18-5-3-2-4-6-18)30(23)33(42)14-20-7-8-21(15-33)29(20)47(43,44)27-11-19(9-10-24(27)34)31(40)38-22-12-25(35)28(37)26(36)13-22/h2-6,9-13,20-21,23,29-30,42H,7-8,14-17H2,1H3,(H,38,40)/t20-,21?,23?,29?,30?,33?/m0/s1. The molecule has 5 unspecified atom stereocenters. The molecule has 6 atom stereocenters. The maximum absolute atomic E-state index is 14.2. The number of ether oxygens (including phenoxy) is 1. The predicted octanol–water partition coefficient (Wildman–Crippen LogP) is 5.31. The molecule has 1 aliphatic heterocycles. The lowest BCUT2D eigenvalue weighted by molar-refractivity contribution is -0.194. The van der Waals surface area contributed by atoms with Crippen molar-refractivity contribution in [1.29, 1.82) is 0 Å². The average Bonchev–Trinajstić information content (AvgIpc) is 3.59. The van der Waals surface area contributed by atoms with Crippen molar-refractivity contribution in [3.05, 3.63) is 94.3 Å². The second-order valence-electron chi connectivity index (χ2n) is 12.4. The van der Waals surface area contributed by atoms with Gasteiger partial charge in [-0.2, -0.15) is 5.06 Å². The number of carbonyl (C=O) groups is 2. The Morgan fingerprint density at radius 1 is 1.04 bits per heavy atom. The molecule has 14 heteroatoms. The van der Waals surface area contributed by atoms with Crippen LogP contribution in [0.3, 0.4) is 0 Å². The van der Waals surface area contributed by atoms with E-state index in [4.69, 9.17) is 21.2 Å². The number of halogens is 4. The van der Waals surface area contributed by atoms with Gasteiger partial charge in [0.15, 0.2) is 27.3 Å². The van der Waals surface area contributed by atoms with Crippen molar-refractivity contribution < 1.29 is 45.9 Å². The summed E-state index contributed by atoms with van der Waals surface area (Å²) in [5.41, 5.74) is -1.09. The molecule has 2 saturated carbocycles. The van der Waals surface area contributed by atoms with E-state index in [1.165, 1.54) is 19.2 Å². The third-order valence-electron chi connectivity index (χ3n) is 9.52. The molecular formula is C33H32ClF3N2O7S. The number of sulfone groups is 1. The quantitative estimate of drug-likeness (QED) is 0.241. The number of aliphatic hydroxyl groups is 1. The Morgan fingerprint density at radius 2 is 1.68 bits per heavy atom. The first-order valence-corrected chi connectivity index (χ1v) is 17.0. The molecule has 2 aliphatic carbocycles. The third-order valence-corrected chi connectivity index (χ3v) is 12.4. The molecule has 6 rings (SSSR count). The van der Waals surface area contributed by atoms with E-state index in [0.717, 1.165) is 11.6 Å². The fraction of sp³-hybridized carbons (Fsp3) is 0.394. The van der Waals surface area contributed by atoms with Gasteiger partial charge in [0, 0.05) is 29.9 Å². The van der Waals surface area contributed by atoms with Gasteiger partial charge in [-0.05, 0) is 61.3 Å². The van der Waals surface area contributed by atoms with Gasteiger partial charge >= 0.3 is 5.97 Å². The molecule has 1 saturated heterocycles. The summed E-state index contributed by atoms with van der Waals surface area (Å²) in [4.78, 5) is 31.4. The zero-order chi connectivity index (χ0) is 33.7. The van der Waals surface area contributed by atoms with Crippen LogP contribution in [0.1, 0.15) is 41.6 Å². The monoisotopic (exact) mass is 692 g/mol. The molecule has 3 fully saturated rings. The van der Waals surface area contributed by atoms with E-state index in [1.807, 2.05) is 30.3 Å². The van der Waals surface area contributed by atoms with E-state index in [0.29, 0.717) is 31.5 Å². The van der Waals surface area contributed by atoms with E-state index in [2.05, 4.69) is 5.32 Å². The molecular weight excluding hydrogens is 661 g/mol. The molecule has 47 heavy (non-hydrogen) atoms. The number of methoxy groups -OCH3 is 1. The van der Waals surface area contributed by atoms with Crippen LogP contribution in [0.4, 0.5) is 18.9 Å². The minimum atomic E-state index is -4.18. The molecule has 2 bridgehead atoms. The zero-order valence-electron chi connectivity index (χ0n) is 25.2. The zero-order valence-corrected chi connectivity index (χ0v) is 26.7. The number of rotatable bonds is 8. The number of hydrogen-bond donors (Lipinski definition) is 2. The molecule has 3 aromatic carbocycles. The molecule has 0 spiro atoms. The predicted molar refractivity (Wildman–Crippen MR) is 164 cm³/mol. The topological polar surface area (TPSA) is 122 Å². The summed E-state index contributed by atoms with van der Waals surface area (Å²) < 4.78 is 74.3. The number of anilines is 1. The van der Waals surface area contributed by atoms with E-state index in [9.17, 15) is 36.3 Å². The SMILES string of the molecule is COC(=O)C1CON(Cc2ccccc2)C1C1(O)CC2CC[C@@H](C1)C2S(=O)(=O)c1cc(C(=O)Nc2cc(F)c(F)c(F)c2)ccc1Cl. The number of nitrogens with one attached hydrogen (secondary N) is 1. The Balaban J connectivity index is 1.26. The Labute approximate surface area is 274 Å². The molecule has 0 aromatic heterocycles. The Morgan fingerprint density at radius 3 is 2.30 bits per heavy atom. The van der Waals surface area contributed by atoms with Gasteiger partial charge in [0.05, 0.1) is 40.5 Å². The van der Waals surface area contributed by atoms with E-state index in [1.54, 1.807) is 5.06 Å². The number of hydrogen-bond acceptors (Lipinski definition) is 8. The van der Waals surface area contributed by atoms with Gasteiger partial charge in [-0.3, -0.25) is 14.4 Å². The molecule has 1 heterocycles. The molecule has 3 aromatic rings. The average molecular weight is 693 g/mol. The van der Waals surface area contributed by atoms with Gasteiger partial charge in [-0.25, -0.2) is 21.6 Å². The van der Waals surface area contributed by atoms with Crippen molar-refractivity contribution in [2.24, 2.45) is 17.8 Å². The Hall–Kier alpha value is -3.49. The van der Waals surface area contributed by atoms with Crippen molar-refractivity contribution in [2.75, 3.05) is 19.0 Å². The summed E-state index contributed by atoms with van der Waals surface area (Å²) in [6, 6.07) is 13.4. The van der Waals surface area contributed by atoms with Crippen LogP contribution in [0, 0.1) is 35.2 Å². The van der Waals surface area contributed by atoms with Crippen molar-refractivity contribution in [3.8, 4) is 0 Å². The summed E-state index contributed by atoms with van der Waals surface area (Å²) >= 11 is 6.39. The fourth-order valence-electron chi connectivity index (χ4n) is 7.60. The number of fused-ring (bicyclic) bond motifs is 2. The summed E-state index contributed by atoms with van der Waals surface area (Å²) in [6.45, 7) is 0.297. The number of carbonyl (C=O) groups excluding carboxylic acids is 2. The molecule has 0 radical (unpaired) electrons. The van der Waals surface area contributed by atoms with Crippen LogP contribution >= 0.6 is 11.6 Å². The number of esters is 1. The van der Waals surface area contributed by atoms with Crippen LogP contribution in [0.15, 0.2) is 65.6 Å². The highest BCUT2D eigenvalue weighted by atomic mass is 35.5. The van der Waals surface area contributed by atoms with E-state index >= 15 is 0 Å². The van der Waals surface area contributed by atoms with Crippen molar-refractivity contribution in [1.82, 2.24) is 5.06 Å². The van der Waals surface area contributed by atoms with Crippen LogP contribution in [0.5, 0.6) is 0 Å². The number of hydroxylamine groups is 2. The third kappa shape index (κ3) is 6.27. The number of nitrogens with zero attached hydrogens (tertiary/aromatic N) is 1. The van der Waals surface area contributed by atoms with E-state index < -0.39 is 73.8 Å². The largest absolute Gasteiger partial charge is 0.469 e. The fourth-order valence-corrected chi connectivity index (χ4v) is 10.4. The van der Waals surface area contributed by atoms with Crippen LogP contribution in [-0.2, 0) is 30.8 Å². The van der Waals surface area contributed by atoms with Gasteiger partial charge in [0.2, 0.25) is 0 Å². The Kier molecular flexibility index (Phi) is 9.13. The molecule has 3 aliphatic rings. The minimum Gasteiger partial charge on any atom is -0.469 e. The van der Waals surface area contributed by atoms with Gasteiger partial charge in [-0.15, -0.1) is 0 Å². The molecule has 9 nitrogen and oxygen atoms in total. The lowest BCUT2D eigenvalue weighted by Crippen LogP contribution is -2.59. The number of benzene rings is 3. The lowest BCUT2D eigenvalue weighted by atomic mass is 9.70. The first-order chi connectivity index (χ1) is 22.3. The van der Waals surface area contributed by atoms with E-state index in [-0.39, 0.29) is 40.6 Å². The van der Waals surface area contributed by atoms with Crippen LogP contribution < -0.4 is 5.32 Å². The van der Waals surface area contributed by atoms with Crippen LogP contribution in [-0.4, -0.2) is 61.1 Å². The van der Waals surface area contributed by atoms with Crippen molar-refractivity contribution >= 4 is 39.0 Å². The van der Waals surface area contributed by atoms with Crippen LogP contribution in [0.25, 0.3) is 0 Å². The first-order valence-electron chi connectivity index (χ1n) is 15.1. The highest BCUT2D eigenvalue weighted by molar-refractivity contribution is 7.92. The number of amides is 1. The van der Waals surface area contributed by atoms with Crippen molar-refractivity contribution in [2.45, 2.75) is 54.0 Å². The van der Waals surface area contributed by atoms with Gasteiger partial charge in [0.1, 0.15) is 5.92 Å². The summed E-state index contributed by atoms with van der Waals surface area (Å²) in [5, 5.41) is 15.1. The Bertz CT molecular complexity index is 1780. The maximum Gasteiger partial charge on any atom is 0.312 e. The molecule has 1 amide bonds. The highest BCUT2D eigenvalue weighted by Crippen LogP contribution is 2.54. The van der Waals surface area contributed by atoms with Crippen molar-refractivity contribution in [3.63, 3.8) is 0 Å². The second kappa shape index (κ2) is 12.8. The van der Waals surface area contributed by atoms with Crippen LogP contribution in [0.2, 0.25) is 5.02 Å². The normalized spacial score (nSPS) is 27.5. The minimum absolute atomic E-state index is 0.00517. The summed E-state index contributed by atoms with van der Waals surface area (Å²) in [6.07, 6.45) is 1.15. The second-order valence-corrected chi connectivity index (χ2v) is 14.9. The smallest absolute Gasteiger partial charge is 0.312 e. The summed E-state index contributed by atoms with van der Waals surface area (Å²) in [7, 11) is -2.91. The molecule has 2 N–H and O–H groups in total. The summed E-state index contributed by atoms with van der Waals surface area (Å²) in [5.74, 6) is -7.92. The van der Waals surface area contributed by atoms with Gasteiger partial charge in [0.25, 0.3) is 5.91 Å². The van der Waals surface area contributed by atoms with Gasteiger partial charge < -0.3 is 15.2 Å². The maximum atomic E-state index is 14.2. The van der Waals surface area contributed by atoms with Gasteiger partial charge in [-0.1, -0.05) is 41.9 Å². The lowest BCUT2D eigenvalue weighted by Gasteiger charge is -2.46. The molecule has 250 valence electrons.